The number of nitrogens with zero attached hydrogens (tertiary/aromatic N) is 6. The van der Waals surface area contributed by atoms with Crippen molar-refractivity contribution in [2.75, 3.05) is 26.2 Å². The summed E-state index contributed by atoms with van der Waals surface area (Å²) < 4.78 is 60.5. The number of hydrogen-bond acceptors (Lipinski definition) is 8. The van der Waals surface area contributed by atoms with Crippen LogP contribution in [0.4, 0.5) is 0 Å². The third kappa shape index (κ3) is 16.6. The minimum atomic E-state index is -4.30. The summed E-state index contributed by atoms with van der Waals surface area (Å²) in [5, 5.41) is 35.5. The van der Waals surface area contributed by atoms with Crippen molar-refractivity contribution in [1.29, 1.82) is 21.0 Å². The second kappa shape index (κ2) is 27.7. The van der Waals surface area contributed by atoms with Crippen LogP contribution in [0, 0.1) is 45.3 Å². The molecule has 0 bridgehead atoms. The van der Waals surface area contributed by atoms with E-state index >= 15 is 0 Å². The fourth-order valence-electron chi connectivity index (χ4n) is 6.09. The van der Waals surface area contributed by atoms with E-state index in [9.17, 15) is 16.8 Å². The van der Waals surface area contributed by atoms with Crippen LogP contribution in [0.15, 0.2) is 0 Å². The van der Waals surface area contributed by atoms with Crippen LogP contribution in [0.25, 0.3) is 0 Å². The van der Waals surface area contributed by atoms with Crippen molar-refractivity contribution >= 4 is 20.0 Å². The molecule has 0 saturated carbocycles. The first-order valence-corrected chi connectivity index (χ1v) is 21.0. The Kier molecular flexibility index (Phi) is 26.4. The molecular weight excluding hydrogens is 633 g/mol. The van der Waals surface area contributed by atoms with Crippen molar-refractivity contribution in [2.45, 2.75) is 172 Å². The average Bonchev–Trinajstić information content (AvgIpc) is 3.04. The third-order valence-corrected chi connectivity index (χ3v) is 14.7. The summed E-state index contributed by atoms with van der Waals surface area (Å²) in [5.74, 6) is 0. The van der Waals surface area contributed by atoms with Crippen LogP contribution in [0.3, 0.4) is 0 Å². The van der Waals surface area contributed by atoms with Gasteiger partial charge in [-0.15, -0.1) is 0 Å². The highest BCUT2D eigenvalue weighted by Crippen LogP contribution is 2.40. The first-order valence-electron chi connectivity index (χ1n) is 18.1. The van der Waals surface area contributed by atoms with Gasteiger partial charge in [0.25, 0.3) is 0 Å². The van der Waals surface area contributed by atoms with E-state index < -0.39 is 24.1 Å². The Bertz CT molecular complexity index is 1050. The number of hydrogen-bond donors (Lipinski definition) is 0. The topological polar surface area (TPSA) is 170 Å². The molecular formula is C35H62N6O4S2. The number of unbranched alkanes of at least 4 members (excludes halogenated alkanes) is 16. The summed E-state index contributed by atoms with van der Waals surface area (Å²) in [6, 6.07) is 8.59. The molecule has 0 fully saturated rings. The van der Waals surface area contributed by atoms with Gasteiger partial charge < -0.3 is 0 Å². The molecule has 268 valence electrons. The Labute approximate surface area is 288 Å². The molecule has 0 aliphatic heterocycles. The molecule has 0 N–H and O–H groups in total. The van der Waals surface area contributed by atoms with E-state index in [2.05, 4.69) is 24.3 Å². The maximum Gasteiger partial charge on any atom is 0.235 e. The van der Waals surface area contributed by atoms with Crippen LogP contribution in [0.2, 0.25) is 0 Å². The standard InChI is InChI=1S/C35H62N6O4S2/c1-3-25-35(26-4-2,46(42,43)40(31-21-13-5-9-17-27-36)32-22-14-6-10-18-28-37)47(44,45)41(33-23-15-7-11-19-29-38)34-24-16-8-12-20-30-39/h3-26,31-34H2,1-2H3. The van der Waals surface area contributed by atoms with Crippen LogP contribution < -0.4 is 0 Å². The van der Waals surface area contributed by atoms with Gasteiger partial charge in [-0.1, -0.05) is 78.1 Å². The van der Waals surface area contributed by atoms with Crippen molar-refractivity contribution in [1.82, 2.24) is 8.61 Å². The highest BCUT2D eigenvalue weighted by Gasteiger charge is 2.57. The number of rotatable bonds is 32. The van der Waals surface area contributed by atoms with Gasteiger partial charge in [-0.3, -0.25) is 0 Å². The summed E-state index contributed by atoms with van der Waals surface area (Å²) in [6.07, 6.45) is 14.5. The lowest BCUT2D eigenvalue weighted by molar-refractivity contribution is 0.347. The molecule has 0 amide bonds. The van der Waals surface area contributed by atoms with Crippen molar-refractivity contribution in [3.8, 4) is 24.3 Å². The smallest absolute Gasteiger partial charge is 0.210 e. The van der Waals surface area contributed by atoms with Crippen molar-refractivity contribution < 1.29 is 16.8 Å². The summed E-state index contributed by atoms with van der Waals surface area (Å²) >= 11 is 0. The van der Waals surface area contributed by atoms with E-state index in [4.69, 9.17) is 21.0 Å². The lowest BCUT2D eigenvalue weighted by Crippen LogP contribution is -2.58. The van der Waals surface area contributed by atoms with E-state index in [0.29, 0.717) is 64.2 Å². The van der Waals surface area contributed by atoms with Crippen LogP contribution >= 0.6 is 0 Å². The lowest BCUT2D eigenvalue weighted by Gasteiger charge is -2.40. The largest absolute Gasteiger partial charge is 0.235 e. The van der Waals surface area contributed by atoms with Crippen molar-refractivity contribution in [3.05, 3.63) is 0 Å². The molecule has 0 radical (unpaired) electrons. The van der Waals surface area contributed by atoms with Gasteiger partial charge in [0, 0.05) is 51.9 Å². The lowest BCUT2D eigenvalue weighted by atomic mass is 10.1. The zero-order chi connectivity index (χ0) is 35.3. The van der Waals surface area contributed by atoms with E-state index in [1.165, 1.54) is 8.61 Å². The van der Waals surface area contributed by atoms with Gasteiger partial charge in [0.2, 0.25) is 24.1 Å². The molecule has 0 aromatic heterocycles. The Morgan fingerprint density at radius 2 is 0.660 bits per heavy atom. The van der Waals surface area contributed by atoms with E-state index in [1.807, 2.05) is 13.8 Å². The predicted molar refractivity (Wildman–Crippen MR) is 188 cm³/mol. The van der Waals surface area contributed by atoms with Gasteiger partial charge in [-0.05, 0) is 64.2 Å². The van der Waals surface area contributed by atoms with Gasteiger partial charge in [0.1, 0.15) is 0 Å². The van der Waals surface area contributed by atoms with Crippen molar-refractivity contribution in [3.63, 3.8) is 0 Å². The summed E-state index contributed by atoms with van der Waals surface area (Å²) in [4.78, 5) is 0. The van der Waals surface area contributed by atoms with Crippen LogP contribution in [0.5, 0.6) is 0 Å². The van der Waals surface area contributed by atoms with Gasteiger partial charge in [0.15, 0.2) is 0 Å². The van der Waals surface area contributed by atoms with Crippen LogP contribution in [0.1, 0.15) is 168 Å². The second-order valence-corrected chi connectivity index (χ2v) is 17.3. The predicted octanol–water partition coefficient (Wildman–Crippen LogP) is 8.44. The zero-order valence-corrected chi connectivity index (χ0v) is 31.1. The minimum absolute atomic E-state index is 0.0210. The average molecular weight is 695 g/mol. The molecule has 0 aliphatic carbocycles. The molecule has 0 heterocycles. The van der Waals surface area contributed by atoms with Gasteiger partial charge in [0.05, 0.1) is 24.3 Å². The summed E-state index contributed by atoms with van der Waals surface area (Å²) in [7, 11) is -8.61. The second-order valence-electron chi connectivity index (χ2n) is 12.5. The summed E-state index contributed by atoms with van der Waals surface area (Å²) in [6.45, 7) is 4.67. The molecule has 0 spiro atoms. The van der Waals surface area contributed by atoms with E-state index in [0.717, 1.165) is 77.0 Å². The Hall–Kier alpha value is -2.22. The first-order chi connectivity index (χ1) is 22.7. The molecule has 47 heavy (non-hydrogen) atoms. The maximum absolute atomic E-state index is 14.9. The highest BCUT2D eigenvalue weighted by molar-refractivity contribution is 8.08. The minimum Gasteiger partial charge on any atom is -0.210 e. The Balaban J connectivity index is 6.46. The molecule has 0 unspecified atom stereocenters. The van der Waals surface area contributed by atoms with E-state index in [-0.39, 0.29) is 39.0 Å². The fraction of sp³-hybridized carbons (Fsp3) is 0.886. The molecule has 0 rings (SSSR count). The van der Waals surface area contributed by atoms with Gasteiger partial charge >= 0.3 is 0 Å². The molecule has 0 atom stereocenters. The van der Waals surface area contributed by atoms with Crippen molar-refractivity contribution in [2.24, 2.45) is 0 Å². The number of sulfonamides is 2. The SMILES string of the molecule is CCCC(CCC)(S(=O)(=O)N(CCCCCCC#N)CCCCCCC#N)S(=O)(=O)N(CCCCCCC#N)CCCCCCC#N. The van der Waals surface area contributed by atoms with E-state index in [1.54, 1.807) is 0 Å². The van der Waals surface area contributed by atoms with Gasteiger partial charge in [-0.25, -0.2) is 25.4 Å². The fourth-order valence-corrected chi connectivity index (χ4v) is 12.1. The molecule has 0 aliphatic rings. The molecule has 0 aromatic carbocycles. The third-order valence-electron chi connectivity index (χ3n) is 8.67. The monoisotopic (exact) mass is 694 g/mol. The van der Waals surface area contributed by atoms with Gasteiger partial charge in [-0.2, -0.15) is 21.0 Å². The highest BCUT2D eigenvalue weighted by atomic mass is 32.3. The quantitative estimate of drug-likeness (QED) is 0.0631. The van der Waals surface area contributed by atoms with Crippen LogP contribution in [-0.2, 0) is 20.0 Å². The Morgan fingerprint density at radius 3 is 0.872 bits per heavy atom. The normalized spacial score (nSPS) is 12.1. The molecule has 10 nitrogen and oxygen atoms in total. The zero-order valence-electron chi connectivity index (χ0n) is 29.4. The maximum atomic E-state index is 14.9. The molecule has 12 heteroatoms. The molecule has 0 aromatic rings. The Morgan fingerprint density at radius 1 is 0.426 bits per heavy atom. The number of nitriles is 4. The van der Waals surface area contributed by atoms with Crippen LogP contribution in [-0.4, -0.2) is 55.7 Å². The first kappa shape index (κ1) is 44.8. The molecule has 0 saturated heterocycles. The summed E-state index contributed by atoms with van der Waals surface area (Å²) in [5.41, 5.74) is 0.